The molecular formula is C24H26INO. The molecule has 2 heterocycles. The van der Waals surface area contributed by atoms with Gasteiger partial charge in [0.15, 0.2) is 0 Å². The van der Waals surface area contributed by atoms with Gasteiger partial charge in [0, 0.05) is 34.9 Å². The van der Waals surface area contributed by atoms with Crippen LogP contribution in [0.2, 0.25) is 0 Å². The highest BCUT2D eigenvalue weighted by atomic mass is 127. The Hall–Kier alpha value is -1.17. The third-order valence-corrected chi connectivity index (χ3v) is 9.45. The first-order valence-corrected chi connectivity index (χ1v) is 10.9. The topological polar surface area (TPSA) is 23.5 Å². The second-order valence-electron chi connectivity index (χ2n) is 8.70. The summed E-state index contributed by atoms with van der Waals surface area (Å²) in [7, 11) is 0. The molecule has 1 fully saturated rings. The van der Waals surface area contributed by atoms with Crippen LogP contribution < -0.4 is 0 Å². The van der Waals surface area contributed by atoms with E-state index in [9.17, 15) is 5.11 Å². The molecule has 140 valence electrons. The van der Waals surface area contributed by atoms with Gasteiger partial charge in [-0.15, -0.1) is 6.58 Å². The van der Waals surface area contributed by atoms with Crippen molar-refractivity contribution < 1.29 is 5.11 Å². The van der Waals surface area contributed by atoms with Gasteiger partial charge in [-0.3, -0.25) is 0 Å². The van der Waals surface area contributed by atoms with Gasteiger partial charge in [0.25, 0.3) is 0 Å². The second kappa shape index (κ2) is 5.91. The monoisotopic (exact) mass is 471 g/mol. The Morgan fingerprint density at radius 1 is 1.07 bits per heavy atom. The van der Waals surface area contributed by atoms with E-state index in [0.29, 0.717) is 5.92 Å². The third kappa shape index (κ3) is 2.08. The van der Waals surface area contributed by atoms with Gasteiger partial charge in [-0.1, -0.05) is 54.6 Å². The minimum atomic E-state index is -0.190. The molecule has 0 saturated heterocycles. The Bertz CT molecular complexity index is 926. The lowest BCUT2D eigenvalue weighted by atomic mass is 9.76. The number of fused-ring (bicyclic) bond motifs is 9. The van der Waals surface area contributed by atoms with Crippen LogP contribution in [0.1, 0.15) is 54.9 Å². The number of hydrogen-bond donors (Lipinski definition) is 1. The molecule has 2 aromatic carbocycles. The number of aliphatic hydroxyl groups excluding tert-OH is 1. The van der Waals surface area contributed by atoms with Crippen molar-refractivity contribution in [1.82, 2.24) is 3.11 Å². The van der Waals surface area contributed by atoms with Gasteiger partial charge in [-0.2, -0.15) is 0 Å². The summed E-state index contributed by atoms with van der Waals surface area (Å²) >= 11 is 2.56. The normalized spacial score (nSPS) is 36.2. The fraction of sp³-hybridized carbons (Fsp3) is 0.417. The minimum absolute atomic E-state index is 0.109. The van der Waals surface area contributed by atoms with Crippen molar-refractivity contribution in [2.75, 3.05) is 6.61 Å². The number of rotatable bonds is 4. The Kier molecular flexibility index (Phi) is 3.92. The van der Waals surface area contributed by atoms with Crippen molar-refractivity contribution in [3.63, 3.8) is 0 Å². The van der Waals surface area contributed by atoms with Crippen LogP contribution in [0.5, 0.6) is 0 Å². The summed E-state index contributed by atoms with van der Waals surface area (Å²) in [5, 5.41) is 10.0. The maximum absolute atomic E-state index is 10.0. The van der Waals surface area contributed by atoms with E-state index < -0.39 is 0 Å². The van der Waals surface area contributed by atoms with Crippen molar-refractivity contribution >= 4 is 22.9 Å². The predicted octanol–water partition coefficient (Wildman–Crippen LogP) is 5.43. The van der Waals surface area contributed by atoms with Gasteiger partial charge in [-0.25, -0.2) is 3.11 Å². The van der Waals surface area contributed by atoms with E-state index in [2.05, 4.69) is 94.1 Å². The van der Waals surface area contributed by atoms with E-state index in [1.807, 2.05) is 0 Å². The number of allylic oxidation sites excluding steroid dienone is 1. The van der Waals surface area contributed by atoms with E-state index >= 15 is 0 Å². The van der Waals surface area contributed by atoms with Crippen LogP contribution in [0.4, 0.5) is 0 Å². The zero-order valence-electron chi connectivity index (χ0n) is 15.8. The summed E-state index contributed by atoms with van der Waals surface area (Å²) in [6.07, 6.45) is 6.26. The molecule has 4 atom stereocenters. The van der Waals surface area contributed by atoms with Crippen molar-refractivity contribution in [3.8, 4) is 0 Å². The molecule has 1 saturated carbocycles. The summed E-state index contributed by atoms with van der Waals surface area (Å²) in [6, 6.07) is 18.0. The Labute approximate surface area is 175 Å². The highest BCUT2D eigenvalue weighted by Crippen LogP contribution is 2.69. The summed E-state index contributed by atoms with van der Waals surface area (Å²) < 4.78 is 2.55. The summed E-state index contributed by atoms with van der Waals surface area (Å²) in [6.45, 7) is 6.67. The Balaban J connectivity index is 1.85. The summed E-state index contributed by atoms with van der Waals surface area (Å²) in [5.41, 5.74) is 5.67. The Morgan fingerprint density at radius 2 is 1.67 bits per heavy atom. The molecule has 1 N–H and O–H groups in total. The lowest BCUT2D eigenvalue weighted by molar-refractivity contribution is 0.103. The van der Waals surface area contributed by atoms with Gasteiger partial charge in [-0.05, 0) is 60.8 Å². The second-order valence-corrected chi connectivity index (χ2v) is 9.67. The van der Waals surface area contributed by atoms with E-state index in [-0.39, 0.29) is 23.1 Å². The van der Waals surface area contributed by atoms with Gasteiger partial charge in [0.2, 0.25) is 0 Å². The lowest BCUT2D eigenvalue weighted by Gasteiger charge is -2.45. The fourth-order valence-electron chi connectivity index (χ4n) is 6.26. The molecule has 0 radical (unpaired) electrons. The largest absolute Gasteiger partial charge is 0.396 e. The maximum Gasteiger partial charge on any atom is 0.0792 e. The van der Waals surface area contributed by atoms with E-state index in [0.717, 1.165) is 19.3 Å². The first kappa shape index (κ1) is 17.9. The summed E-state index contributed by atoms with van der Waals surface area (Å²) in [5.74, 6) is 0.635. The van der Waals surface area contributed by atoms with Crippen molar-refractivity contribution in [1.29, 1.82) is 0 Å². The van der Waals surface area contributed by atoms with Crippen molar-refractivity contribution in [2.24, 2.45) is 5.92 Å². The molecule has 5 rings (SSSR count). The molecule has 1 unspecified atom stereocenters. The van der Waals surface area contributed by atoms with Crippen LogP contribution in [0, 0.1) is 5.92 Å². The first-order chi connectivity index (χ1) is 13.0. The van der Waals surface area contributed by atoms with Gasteiger partial charge in [0.1, 0.15) is 0 Å². The highest BCUT2D eigenvalue weighted by molar-refractivity contribution is 14.1. The smallest absolute Gasteiger partial charge is 0.0792 e. The van der Waals surface area contributed by atoms with Gasteiger partial charge < -0.3 is 5.11 Å². The zero-order valence-corrected chi connectivity index (χ0v) is 17.9. The quantitative estimate of drug-likeness (QED) is 0.365. The third-order valence-electron chi connectivity index (χ3n) is 7.56. The van der Waals surface area contributed by atoms with Gasteiger partial charge in [0.05, 0.1) is 11.1 Å². The fourth-order valence-corrected chi connectivity index (χ4v) is 7.48. The number of aliphatic hydroxyl groups is 1. The van der Waals surface area contributed by atoms with Crippen molar-refractivity contribution in [2.45, 2.75) is 49.1 Å². The predicted molar refractivity (Wildman–Crippen MR) is 118 cm³/mol. The molecule has 1 aliphatic carbocycles. The Morgan fingerprint density at radius 3 is 2.30 bits per heavy atom. The first-order valence-electron chi connectivity index (χ1n) is 9.92. The molecule has 27 heavy (non-hydrogen) atoms. The lowest BCUT2D eigenvalue weighted by Crippen LogP contribution is -2.47. The van der Waals surface area contributed by atoms with Crippen LogP contribution in [-0.2, 0) is 16.5 Å². The number of nitrogens with zero attached hydrogens (tertiary/aromatic N) is 1. The average Bonchev–Trinajstić information content (AvgIpc) is 3.34. The summed E-state index contributed by atoms with van der Waals surface area (Å²) in [4.78, 5) is 0. The average molecular weight is 471 g/mol. The number of halogens is 1. The molecule has 2 nitrogen and oxygen atoms in total. The molecule has 2 bridgehead atoms. The molecule has 0 aromatic heterocycles. The highest BCUT2D eigenvalue weighted by Gasteiger charge is 2.66. The maximum atomic E-state index is 10.0. The van der Waals surface area contributed by atoms with Crippen molar-refractivity contribution in [3.05, 3.63) is 83.4 Å². The van der Waals surface area contributed by atoms with Crippen LogP contribution in [0.15, 0.2) is 61.2 Å². The van der Waals surface area contributed by atoms with E-state index in [1.54, 1.807) is 0 Å². The minimum Gasteiger partial charge on any atom is -0.396 e. The van der Waals surface area contributed by atoms with Gasteiger partial charge >= 0.3 is 0 Å². The molecule has 3 aliphatic rings. The zero-order chi connectivity index (χ0) is 18.9. The molecule has 2 aliphatic heterocycles. The molecule has 3 heteroatoms. The van der Waals surface area contributed by atoms with Crippen LogP contribution >= 0.6 is 22.9 Å². The number of hydrogen-bond acceptors (Lipinski definition) is 2. The molecule has 0 spiro atoms. The van der Waals surface area contributed by atoms with Crippen LogP contribution in [0.3, 0.4) is 0 Å². The molecule has 2 aromatic rings. The SMILES string of the molecule is C=CC[C@@]12C[C@@H]1CC1(CCO)c3ccccc3[C@@](C)(c3ccccc32)N1I. The standard InChI is InChI=1S/C24H26INO/c1-3-12-23-15-17(23)16-24(13-14-27)21-11-7-5-9-19(21)22(2,26(24)25)18-8-4-6-10-20(18)23/h3-11,17,27H,1,12-16H2,2H3/t17-,22-,23-,24?/m1/s1. The van der Waals surface area contributed by atoms with E-state index in [1.165, 1.54) is 28.7 Å². The van der Waals surface area contributed by atoms with E-state index in [4.69, 9.17) is 0 Å². The molecular weight excluding hydrogens is 445 g/mol. The molecule has 0 amide bonds. The number of benzene rings is 2. The van der Waals surface area contributed by atoms with Crippen LogP contribution in [-0.4, -0.2) is 14.8 Å². The van der Waals surface area contributed by atoms with Crippen LogP contribution in [0.25, 0.3) is 0 Å².